The van der Waals surface area contributed by atoms with E-state index in [0.29, 0.717) is 5.41 Å². The molecule has 0 saturated carbocycles. The topological polar surface area (TPSA) is 15.8 Å². The van der Waals surface area contributed by atoms with Crippen LogP contribution >= 0.6 is 23.6 Å². The van der Waals surface area contributed by atoms with Crippen LogP contribution in [0.4, 0.5) is 0 Å². The highest BCUT2D eigenvalue weighted by atomic mass is 32.1. The van der Waals surface area contributed by atoms with E-state index in [-0.39, 0.29) is 0 Å². The van der Waals surface area contributed by atoms with Crippen molar-refractivity contribution in [2.24, 2.45) is 0 Å². The number of thiazole rings is 1. The van der Waals surface area contributed by atoms with E-state index in [9.17, 15) is 0 Å². The van der Waals surface area contributed by atoms with E-state index in [1.807, 2.05) is 0 Å². The van der Waals surface area contributed by atoms with Gasteiger partial charge in [-0.15, -0.1) is 11.3 Å². The Hall–Kier alpha value is -0.150. The molecule has 1 nitrogen and oxygen atoms in total. The quantitative estimate of drug-likeness (QED) is 0.633. The third kappa shape index (κ3) is 1.25. The average molecular weight is 199 g/mol. The fourth-order valence-electron chi connectivity index (χ4n) is 1.90. The van der Waals surface area contributed by atoms with E-state index in [0.717, 1.165) is 3.95 Å². The molecule has 1 aromatic rings. The van der Waals surface area contributed by atoms with E-state index in [2.05, 4.69) is 18.8 Å². The first-order chi connectivity index (χ1) is 5.59. The largest absolute Gasteiger partial charge is 0.340 e. The van der Waals surface area contributed by atoms with Gasteiger partial charge in [-0.1, -0.05) is 13.8 Å². The van der Waals surface area contributed by atoms with Crippen molar-refractivity contribution in [2.75, 3.05) is 0 Å². The van der Waals surface area contributed by atoms with Crippen LogP contribution in [-0.2, 0) is 11.8 Å². The van der Waals surface area contributed by atoms with Gasteiger partial charge in [-0.05, 0) is 31.5 Å². The van der Waals surface area contributed by atoms with Crippen molar-refractivity contribution in [1.29, 1.82) is 0 Å². The molecule has 1 heterocycles. The summed E-state index contributed by atoms with van der Waals surface area (Å²) in [7, 11) is 0. The zero-order valence-electron chi connectivity index (χ0n) is 7.44. The molecule has 2 rings (SSSR count). The second-order valence-electron chi connectivity index (χ2n) is 4.05. The van der Waals surface area contributed by atoms with Crippen LogP contribution in [0.25, 0.3) is 0 Å². The molecule has 0 amide bonds. The third-order valence-electron chi connectivity index (χ3n) is 2.60. The highest BCUT2D eigenvalue weighted by molar-refractivity contribution is 7.73. The average Bonchev–Trinajstić information content (AvgIpc) is 2.30. The van der Waals surface area contributed by atoms with Crippen molar-refractivity contribution in [2.45, 2.75) is 38.5 Å². The molecule has 1 aliphatic carbocycles. The van der Waals surface area contributed by atoms with E-state index in [4.69, 9.17) is 12.2 Å². The van der Waals surface area contributed by atoms with Gasteiger partial charge in [-0.25, -0.2) is 0 Å². The fourth-order valence-corrected chi connectivity index (χ4v) is 3.36. The summed E-state index contributed by atoms with van der Waals surface area (Å²) in [5, 5.41) is 0. The molecule has 0 aliphatic heterocycles. The summed E-state index contributed by atoms with van der Waals surface area (Å²) in [5.74, 6) is 0. The molecule has 0 bridgehead atoms. The lowest BCUT2D eigenvalue weighted by Crippen LogP contribution is -2.23. The zero-order valence-corrected chi connectivity index (χ0v) is 9.07. The summed E-state index contributed by atoms with van der Waals surface area (Å²) >= 11 is 6.90. The predicted octanol–water partition coefficient (Wildman–Crippen LogP) is 3.42. The summed E-state index contributed by atoms with van der Waals surface area (Å²) in [6.07, 6.45) is 3.81. The van der Waals surface area contributed by atoms with Crippen LogP contribution in [0.15, 0.2) is 0 Å². The van der Waals surface area contributed by atoms with Gasteiger partial charge in [-0.2, -0.15) is 0 Å². The lowest BCUT2D eigenvalue weighted by Gasteiger charge is -2.28. The SMILES string of the molecule is CC1(C)CCCc2sc(=S)[nH]c21. The lowest BCUT2D eigenvalue weighted by atomic mass is 9.79. The fraction of sp³-hybridized carbons (Fsp3) is 0.667. The van der Waals surface area contributed by atoms with Gasteiger partial charge < -0.3 is 4.98 Å². The Kier molecular flexibility index (Phi) is 1.88. The molecular weight excluding hydrogens is 186 g/mol. The molecule has 0 spiro atoms. The maximum atomic E-state index is 5.15. The number of hydrogen-bond donors (Lipinski definition) is 1. The summed E-state index contributed by atoms with van der Waals surface area (Å²) in [5.41, 5.74) is 1.71. The first-order valence-corrected chi connectivity index (χ1v) is 5.54. The Morgan fingerprint density at radius 2 is 2.25 bits per heavy atom. The summed E-state index contributed by atoms with van der Waals surface area (Å²) < 4.78 is 0.940. The monoisotopic (exact) mass is 199 g/mol. The van der Waals surface area contributed by atoms with E-state index in [1.54, 1.807) is 11.3 Å². The first kappa shape index (κ1) is 8.45. The second kappa shape index (κ2) is 2.67. The molecule has 66 valence electrons. The normalized spacial score (nSPS) is 20.5. The standard InChI is InChI=1S/C9H13NS2/c1-9(2)5-3-4-6-7(9)10-8(11)12-6/h3-5H2,1-2H3,(H,10,11). The van der Waals surface area contributed by atoms with Crippen LogP contribution in [0.2, 0.25) is 0 Å². The van der Waals surface area contributed by atoms with Crippen molar-refractivity contribution >= 4 is 23.6 Å². The summed E-state index contributed by atoms with van der Waals surface area (Å²) in [6, 6.07) is 0. The number of nitrogens with one attached hydrogen (secondary N) is 1. The predicted molar refractivity (Wildman–Crippen MR) is 55.5 cm³/mol. The van der Waals surface area contributed by atoms with Gasteiger partial charge >= 0.3 is 0 Å². The van der Waals surface area contributed by atoms with Crippen LogP contribution in [0.5, 0.6) is 0 Å². The Labute approximate surface area is 81.8 Å². The molecule has 0 saturated heterocycles. The maximum absolute atomic E-state index is 5.15. The van der Waals surface area contributed by atoms with Crippen molar-refractivity contribution < 1.29 is 0 Å². The molecule has 0 aromatic carbocycles. The lowest BCUT2D eigenvalue weighted by molar-refractivity contribution is 0.424. The zero-order chi connectivity index (χ0) is 8.77. The van der Waals surface area contributed by atoms with Crippen molar-refractivity contribution in [3.63, 3.8) is 0 Å². The number of H-pyrrole nitrogens is 1. The third-order valence-corrected chi connectivity index (χ3v) is 3.90. The highest BCUT2D eigenvalue weighted by Gasteiger charge is 2.29. The number of fused-ring (bicyclic) bond motifs is 1. The minimum absolute atomic E-state index is 0.321. The number of aromatic nitrogens is 1. The van der Waals surface area contributed by atoms with Crippen LogP contribution in [0.3, 0.4) is 0 Å². The van der Waals surface area contributed by atoms with Crippen LogP contribution in [0.1, 0.15) is 37.3 Å². The number of rotatable bonds is 0. The van der Waals surface area contributed by atoms with Crippen LogP contribution < -0.4 is 0 Å². The van der Waals surface area contributed by atoms with Gasteiger partial charge in [0.25, 0.3) is 0 Å². The molecule has 12 heavy (non-hydrogen) atoms. The molecule has 3 heteroatoms. The molecule has 0 fully saturated rings. The van der Waals surface area contributed by atoms with Gasteiger partial charge in [0.2, 0.25) is 0 Å². The molecular formula is C9H13NS2. The number of hydrogen-bond acceptors (Lipinski definition) is 2. The molecule has 0 atom stereocenters. The van der Waals surface area contributed by atoms with Crippen molar-refractivity contribution in [3.05, 3.63) is 14.5 Å². The molecule has 0 radical (unpaired) electrons. The minimum atomic E-state index is 0.321. The summed E-state index contributed by atoms with van der Waals surface area (Å²) in [4.78, 5) is 4.80. The summed E-state index contributed by atoms with van der Waals surface area (Å²) in [6.45, 7) is 4.59. The molecule has 1 aromatic heterocycles. The van der Waals surface area contributed by atoms with Crippen molar-refractivity contribution in [3.8, 4) is 0 Å². The van der Waals surface area contributed by atoms with Gasteiger partial charge in [0.15, 0.2) is 3.95 Å². The van der Waals surface area contributed by atoms with Gasteiger partial charge in [0, 0.05) is 16.0 Å². The van der Waals surface area contributed by atoms with Gasteiger partial charge in [-0.3, -0.25) is 0 Å². The molecule has 0 unspecified atom stereocenters. The van der Waals surface area contributed by atoms with Gasteiger partial charge in [0.05, 0.1) is 0 Å². The van der Waals surface area contributed by atoms with E-state index in [1.165, 1.54) is 29.8 Å². The van der Waals surface area contributed by atoms with E-state index < -0.39 is 0 Å². The van der Waals surface area contributed by atoms with Crippen molar-refractivity contribution in [1.82, 2.24) is 4.98 Å². The van der Waals surface area contributed by atoms with Crippen LogP contribution in [0, 0.1) is 3.95 Å². The maximum Gasteiger partial charge on any atom is 0.158 e. The smallest absolute Gasteiger partial charge is 0.158 e. The van der Waals surface area contributed by atoms with E-state index >= 15 is 0 Å². The number of aryl methyl sites for hydroxylation is 1. The number of aromatic amines is 1. The Morgan fingerprint density at radius 1 is 1.50 bits per heavy atom. The highest BCUT2D eigenvalue weighted by Crippen LogP contribution is 2.37. The Morgan fingerprint density at radius 3 is 2.92 bits per heavy atom. The van der Waals surface area contributed by atoms with Gasteiger partial charge in [0.1, 0.15) is 0 Å². The minimum Gasteiger partial charge on any atom is -0.340 e. The Balaban J connectivity index is 2.58. The van der Waals surface area contributed by atoms with Crippen LogP contribution in [-0.4, -0.2) is 4.98 Å². The molecule has 1 N–H and O–H groups in total. The second-order valence-corrected chi connectivity index (χ2v) is 5.82. The Bertz CT molecular complexity index is 346. The first-order valence-electron chi connectivity index (χ1n) is 4.32. The molecule has 1 aliphatic rings.